The largest absolute Gasteiger partial charge is 0.397 e. The van der Waals surface area contributed by atoms with Crippen molar-refractivity contribution in [2.45, 2.75) is 0 Å². The third kappa shape index (κ3) is 2.74. The molecule has 100 valence electrons. The molecule has 6 nitrogen and oxygen atoms in total. The summed E-state index contributed by atoms with van der Waals surface area (Å²) in [6, 6.07) is 8.67. The van der Waals surface area contributed by atoms with Gasteiger partial charge >= 0.3 is 0 Å². The van der Waals surface area contributed by atoms with Gasteiger partial charge in [-0.2, -0.15) is 5.10 Å². The monoisotopic (exact) mass is 260 g/mol. The Labute approximate surface area is 111 Å². The lowest BCUT2D eigenvalue weighted by Gasteiger charge is -2.22. The van der Waals surface area contributed by atoms with E-state index in [2.05, 4.69) is 5.10 Å². The van der Waals surface area contributed by atoms with Gasteiger partial charge in [-0.1, -0.05) is 12.1 Å². The first kappa shape index (κ1) is 13.1. The van der Waals surface area contributed by atoms with Crippen molar-refractivity contribution in [3.63, 3.8) is 0 Å². The quantitative estimate of drug-likeness (QED) is 0.790. The zero-order chi connectivity index (χ0) is 13.8. The van der Waals surface area contributed by atoms with Gasteiger partial charge < -0.3 is 15.7 Å². The third-order valence-electron chi connectivity index (χ3n) is 2.73. The molecular formula is C13H16N4O2. The summed E-state index contributed by atoms with van der Waals surface area (Å²) in [4.78, 5) is 13.8. The Morgan fingerprint density at radius 2 is 2.16 bits per heavy atom. The number of aliphatic hydroxyl groups is 1. The molecule has 0 aliphatic rings. The third-order valence-corrected chi connectivity index (χ3v) is 2.73. The molecule has 0 saturated heterocycles. The van der Waals surface area contributed by atoms with E-state index in [1.807, 2.05) is 0 Å². The van der Waals surface area contributed by atoms with Gasteiger partial charge in [-0.25, -0.2) is 0 Å². The van der Waals surface area contributed by atoms with Crippen LogP contribution < -0.4 is 10.6 Å². The second-order valence-electron chi connectivity index (χ2n) is 4.11. The van der Waals surface area contributed by atoms with E-state index >= 15 is 0 Å². The lowest BCUT2D eigenvalue weighted by Crippen LogP contribution is -2.34. The number of aromatic nitrogens is 2. The minimum absolute atomic E-state index is 0.146. The van der Waals surface area contributed by atoms with Gasteiger partial charge in [-0.15, -0.1) is 0 Å². The minimum Gasteiger partial charge on any atom is -0.397 e. The fourth-order valence-corrected chi connectivity index (χ4v) is 1.83. The second kappa shape index (κ2) is 5.53. The maximum Gasteiger partial charge on any atom is 0.278 e. The Morgan fingerprint density at radius 3 is 2.74 bits per heavy atom. The van der Waals surface area contributed by atoms with Crippen molar-refractivity contribution in [1.29, 1.82) is 0 Å². The van der Waals surface area contributed by atoms with E-state index < -0.39 is 0 Å². The lowest BCUT2D eigenvalue weighted by molar-refractivity contribution is 0.0975. The van der Waals surface area contributed by atoms with Gasteiger partial charge in [0.15, 0.2) is 5.69 Å². The molecule has 0 radical (unpaired) electrons. The maximum atomic E-state index is 12.4. The summed E-state index contributed by atoms with van der Waals surface area (Å²) < 4.78 is 1.55. The van der Waals surface area contributed by atoms with Gasteiger partial charge in [0.1, 0.15) is 0 Å². The van der Waals surface area contributed by atoms with Gasteiger partial charge in [0.05, 0.1) is 18.0 Å². The van der Waals surface area contributed by atoms with Crippen LogP contribution in [-0.2, 0) is 7.05 Å². The highest BCUT2D eigenvalue weighted by Gasteiger charge is 2.20. The van der Waals surface area contributed by atoms with Crippen LogP contribution in [0.5, 0.6) is 0 Å². The molecule has 2 rings (SSSR count). The highest BCUT2D eigenvalue weighted by atomic mass is 16.3. The molecule has 0 unspecified atom stereocenters. The fourth-order valence-electron chi connectivity index (χ4n) is 1.83. The molecule has 0 bridgehead atoms. The number of nitrogens with zero attached hydrogens (tertiary/aromatic N) is 3. The number of hydrogen-bond donors (Lipinski definition) is 2. The van der Waals surface area contributed by atoms with E-state index in [-0.39, 0.29) is 19.1 Å². The van der Waals surface area contributed by atoms with E-state index in [1.165, 1.54) is 4.90 Å². The molecule has 1 amide bonds. The van der Waals surface area contributed by atoms with Crippen LogP contribution in [0, 0.1) is 0 Å². The van der Waals surface area contributed by atoms with Crippen LogP contribution in [0.3, 0.4) is 0 Å². The summed E-state index contributed by atoms with van der Waals surface area (Å²) >= 11 is 0. The van der Waals surface area contributed by atoms with E-state index in [0.29, 0.717) is 17.1 Å². The number of para-hydroxylation sites is 2. The standard InChI is InChI=1S/C13H16N4O2/c1-16-7-6-11(15-16)13(19)17(8-9-18)12-5-3-2-4-10(12)14/h2-7,18H,8-9,14H2,1H3. The molecule has 1 heterocycles. The molecular weight excluding hydrogens is 244 g/mol. The van der Waals surface area contributed by atoms with E-state index in [1.54, 1.807) is 48.3 Å². The molecule has 0 fully saturated rings. The van der Waals surface area contributed by atoms with Crippen LogP contribution in [0.25, 0.3) is 0 Å². The number of carbonyl (C=O) groups is 1. The van der Waals surface area contributed by atoms with Crippen LogP contribution in [0.4, 0.5) is 11.4 Å². The average Bonchev–Trinajstić information content (AvgIpc) is 2.83. The number of benzene rings is 1. The highest BCUT2D eigenvalue weighted by molar-refractivity contribution is 6.06. The van der Waals surface area contributed by atoms with Gasteiger partial charge in [-0.3, -0.25) is 9.48 Å². The topological polar surface area (TPSA) is 84.4 Å². The average molecular weight is 260 g/mol. The normalized spacial score (nSPS) is 10.4. The molecule has 1 aromatic heterocycles. The van der Waals surface area contributed by atoms with Gasteiger partial charge in [-0.05, 0) is 18.2 Å². The number of rotatable bonds is 4. The van der Waals surface area contributed by atoms with Crippen molar-refractivity contribution in [3.05, 3.63) is 42.2 Å². The zero-order valence-corrected chi connectivity index (χ0v) is 10.7. The van der Waals surface area contributed by atoms with Gasteiger partial charge in [0.25, 0.3) is 5.91 Å². The Balaban J connectivity index is 2.35. The van der Waals surface area contributed by atoms with Crippen molar-refractivity contribution in [1.82, 2.24) is 9.78 Å². The fraction of sp³-hybridized carbons (Fsp3) is 0.231. The molecule has 1 aromatic carbocycles. The Bertz CT molecular complexity index is 580. The SMILES string of the molecule is Cn1ccc(C(=O)N(CCO)c2ccccc2N)n1. The van der Waals surface area contributed by atoms with Crippen LogP contribution in [0.1, 0.15) is 10.5 Å². The van der Waals surface area contributed by atoms with Crippen LogP contribution in [0.2, 0.25) is 0 Å². The number of hydrogen-bond acceptors (Lipinski definition) is 4. The number of aliphatic hydroxyl groups excluding tert-OH is 1. The van der Waals surface area contributed by atoms with E-state index in [9.17, 15) is 4.79 Å². The Hall–Kier alpha value is -2.34. The summed E-state index contributed by atoms with van der Waals surface area (Å²) in [5.74, 6) is -0.285. The minimum atomic E-state index is -0.285. The summed E-state index contributed by atoms with van der Waals surface area (Å²) in [5.41, 5.74) is 7.25. The molecule has 6 heteroatoms. The summed E-state index contributed by atoms with van der Waals surface area (Å²) in [6.45, 7) is 0.0243. The van der Waals surface area contributed by atoms with Crippen molar-refractivity contribution in [2.75, 3.05) is 23.8 Å². The molecule has 0 aliphatic heterocycles. The summed E-state index contributed by atoms with van der Waals surface area (Å²) in [5, 5.41) is 13.2. The number of carbonyl (C=O) groups excluding carboxylic acids is 1. The molecule has 19 heavy (non-hydrogen) atoms. The van der Waals surface area contributed by atoms with Crippen LogP contribution in [-0.4, -0.2) is 33.9 Å². The first-order chi connectivity index (χ1) is 9.13. The van der Waals surface area contributed by atoms with Crippen molar-refractivity contribution >= 4 is 17.3 Å². The van der Waals surface area contributed by atoms with E-state index in [0.717, 1.165) is 0 Å². The molecule has 3 N–H and O–H groups in total. The molecule has 0 spiro atoms. The summed E-state index contributed by atoms with van der Waals surface area (Å²) in [7, 11) is 1.74. The number of anilines is 2. The zero-order valence-electron chi connectivity index (χ0n) is 10.7. The number of nitrogens with two attached hydrogens (primary N) is 1. The second-order valence-corrected chi connectivity index (χ2v) is 4.11. The predicted octanol–water partition coefficient (Wildman–Crippen LogP) is 0.641. The van der Waals surface area contributed by atoms with Gasteiger partial charge in [0, 0.05) is 19.8 Å². The first-order valence-corrected chi connectivity index (χ1v) is 5.90. The number of nitrogen functional groups attached to an aromatic ring is 1. The maximum absolute atomic E-state index is 12.4. The van der Waals surface area contributed by atoms with Crippen molar-refractivity contribution < 1.29 is 9.90 Å². The Kier molecular flexibility index (Phi) is 3.82. The van der Waals surface area contributed by atoms with Crippen molar-refractivity contribution in [2.24, 2.45) is 7.05 Å². The Morgan fingerprint density at radius 1 is 1.42 bits per heavy atom. The highest BCUT2D eigenvalue weighted by Crippen LogP contribution is 2.23. The molecule has 0 atom stereocenters. The van der Waals surface area contributed by atoms with Gasteiger partial charge in [0.2, 0.25) is 0 Å². The lowest BCUT2D eigenvalue weighted by atomic mass is 10.2. The van der Waals surface area contributed by atoms with E-state index in [4.69, 9.17) is 10.8 Å². The smallest absolute Gasteiger partial charge is 0.278 e. The molecule has 0 saturated carbocycles. The number of amides is 1. The first-order valence-electron chi connectivity index (χ1n) is 5.90. The molecule has 0 aliphatic carbocycles. The number of aryl methyl sites for hydroxylation is 1. The predicted molar refractivity (Wildman–Crippen MR) is 72.8 cm³/mol. The van der Waals surface area contributed by atoms with Crippen LogP contribution >= 0.6 is 0 Å². The summed E-state index contributed by atoms with van der Waals surface area (Å²) in [6.07, 6.45) is 1.69. The van der Waals surface area contributed by atoms with Crippen LogP contribution in [0.15, 0.2) is 36.5 Å². The molecule has 2 aromatic rings. The van der Waals surface area contributed by atoms with Crippen molar-refractivity contribution in [3.8, 4) is 0 Å².